The van der Waals surface area contributed by atoms with Crippen molar-refractivity contribution in [2.24, 2.45) is 0 Å². The van der Waals surface area contributed by atoms with Crippen molar-refractivity contribution in [3.8, 4) is 0 Å². The van der Waals surface area contributed by atoms with E-state index in [-0.39, 0.29) is 12.0 Å². The number of hydrogen-bond donors (Lipinski definition) is 0. The van der Waals surface area contributed by atoms with Crippen LogP contribution >= 0.6 is 0 Å². The van der Waals surface area contributed by atoms with E-state index in [1.807, 2.05) is 35.6 Å². The van der Waals surface area contributed by atoms with Crippen LogP contribution in [0.1, 0.15) is 28.8 Å². The van der Waals surface area contributed by atoms with Crippen LogP contribution in [0.25, 0.3) is 0 Å². The van der Waals surface area contributed by atoms with Gasteiger partial charge in [0, 0.05) is 26.4 Å². The van der Waals surface area contributed by atoms with Crippen LogP contribution < -0.4 is 0 Å². The second kappa shape index (κ2) is 5.92. The minimum absolute atomic E-state index is 0.0147. The molecule has 0 unspecified atom stereocenters. The minimum atomic E-state index is -0.0656. The zero-order valence-electron chi connectivity index (χ0n) is 13.2. The molecule has 0 saturated heterocycles. The van der Waals surface area contributed by atoms with E-state index < -0.39 is 0 Å². The Hall–Kier alpha value is -2.15. The molecule has 0 aliphatic carbocycles. The molecule has 1 aliphatic heterocycles. The Morgan fingerprint density at radius 2 is 2.27 bits per heavy atom. The summed E-state index contributed by atoms with van der Waals surface area (Å²) < 4.78 is 9.16. The summed E-state index contributed by atoms with van der Waals surface area (Å²) in [5.41, 5.74) is 2.50. The fraction of sp³-hybridized carbons (Fsp3) is 0.533. The van der Waals surface area contributed by atoms with Gasteiger partial charge in [-0.1, -0.05) is 0 Å². The SMILES string of the molecule is CCn1nc(C)cc1C(=O)N1Cc2ccnn2C[C@@H](OC)C1. The predicted molar refractivity (Wildman–Crippen MR) is 80.4 cm³/mol. The van der Waals surface area contributed by atoms with Crippen molar-refractivity contribution >= 4 is 5.91 Å². The average Bonchev–Trinajstić information content (AvgIpc) is 3.06. The number of carbonyl (C=O) groups excluding carboxylic acids is 1. The molecule has 0 bridgehead atoms. The molecule has 2 aromatic heterocycles. The van der Waals surface area contributed by atoms with Crippen LogP contribution in [-0.4, -0.2) is 50.1 Å². The maximum Gasteiger partial charge on any atom is 0.272 e. The lowest BCUT2D eigenvalue weighted by molar-refractivity contribution is 0.0442. The van der Waals surface area contributed by atoms with E-state index in [1.54, 1.807) is 18.0 Å². The van der Waals surface area contributed by atoms with Gasteiger partial charge in [-0.3, -0.25) is 14.2 Å². The maximum atomic E-state index is 12.9. The van der Waals surface area contributed by atoms with Gasteiger partial charge in [-0.25, -0.2) is 0 Å². The summed E-state index contributed by atoms with van der Waals surface area (Å²) in [5, 5.41) is 8.66. The summed E-state index contributed by atoms with van der Waals surface area (Å²) >= 11 is 0. The number of ether oxygens (including phenoxy) is 1. The van der Waals surface area contributed by atoms with Crippen molar-refractivity contribution in [3.63, 3.8) is 0 Å². The van der Waals surface area contributed by atoms with Crippen LogP contribution in [0.5, 0.6) is 0 Å². The van der Waals surface area contributed by atoms with Gasteiger partial charge < -0.3 is 9.64 Å². The molecule has 7 nitrogen and oxygen atoms in total. The van der Waals surface area contributed by atoms with E-state index in [9.17, 15) is 4.79 Å². The third-order valence-electron chi connectivity index (χ3n) is 4.00. The first-order valence-corrected chi connectivity index (χ1v) is 7.49. The molecule has 0 radical (unpaired) electrons. The van der Waals surface area contributed by atoms with Gasteiger partial charge in [0.2, 0.25) is 0 Å². The van der Waals surface area contributed by atoms with Crippen LogP contribution in [0.3, 0.4) is 0 Å². The van der Waals surface area contributed by atoms with Gasteiger partial charge >= 0.3 is 0 Å². The van der Waals surface area contributed by atoms with E-state index in [1.165, 1.54) is 0 Å². The zero-order chi connectivity index (χ0) is 15.7. The summed E-state index contributed by atoms with van der Waals surface area (Å²) in [6.45, 7) is 6.30. The highest BCUT2D eigenvalue weighted by molar-refractivity contribution is 5.92. The van der Waals surface area contributed by atoms with Crippen molar-refractivity contribution < 1.29 is 9.53 Å². The molecule has 3 rings (SSSR count). The first kappa shape index (κ1) is 14.8. The Labute approximate surface area is 129 Å². The van der Waals surface area contributed by atoms with Gasteiger partial charge in [-0.05, 0) is 26.0 Å². The number of fused-ring (bicyclic) bond motifs is 1. The van der Waals surface area contributed by atoms with Gasteiger partial charge in [-0.15, -0.1) is 0 Å². The molecule has 1 amide bonds. The largest absolute Gasteiger partial charge is 0.378 e. The molecule has 22 heavy (non-hydrogen) atoms. The molecule has 7 heteroatoms. The summed E-state index contributed by atoms with van der Waals surface area (Å²) in [5.74, 6) is -0.0147. The molecule has 0 N–H and O–H groups in total. The topological polar surface area (TPSA) is 65.2 Å². The molecule has 0 saturated carbocycles. The van der Waals surface area contributed by atoms with Crippen molar-refractivity contribution in [1.82, 2.24) is 24.5 Å². The van der Waals surface area contributed by atoms with Gasteiger partial charge in [-0.2, -0.15) is 10.2 Å². The molecule has 1 aliphatic rings. The predicted octanol–water partition coefficient (Wildman–Crippen LogP) is 1.08. The van der Waals surface area contributed by atoms with Gasteiger partial charge in [0.05, 0.1) is 30.6 Å². The number of aromatic nitrogens is 4. The summed E-state index contributed by atoms with van der Waals surface area (Å²) in [4.78, 5) is 14.7. The Bertz CT molecular complexity index is 675. The lowest BCUT2D eigenvalue weighted by atomic mass is 10.2. The molecule has 1 atom stereocenters. The average molecular weight is 303 g/mol. The fourth-order valence-corrected chi connectivity index (χ4v) is 2.84. The smallest absolute Gasteiger partial charge is 0.272 e. The molecule has 0 aromatic carbocycles. The highest BCUT2D eigenvalue weighted by Crippen LogP contribution is 2.17. The highest BCUT2D eigenvalue weighted by Gasteiger charge is 2.27. The van der Waals surface area contributed by atoms with Crippen LogP contribution in [-0.2, 0) is 24.4 Å². The van der Waals surface area contributed by atoms with E-state index in [2.05, 4.69) is 10.2 Å². The molecule has 2 aromatic rings. The van der Waals surface area contributed by atoms with Crippen LogP contribution in [0, 0.1) is 6.92 Å². The summed E-state index contributed by atoms with van der Waals surface area (Å²) in [6.07, 6.45) is 1.69. The Balaban J connectivity index is 1.91. The summed E-state index contributed by atoms with van der Waals surface area (Å²) in [6, 6.07) is 3.79. The van der Waals surface area contributed by atoms with Gasteiger partial charge in [0.25, 0.3) is 5.91 Å². The van der Waals surface area contributed by atoms with E-state index in [4.69, 9.17) is 4.74 Å². The number of methoxy groups -OCH3 is 1. The van der Waals surface area contributed by atoms with Crippen LogP contribution in [0.15, 0.2) is 18.3 Å². The van der Waals surface area contributed by atoms with Crippen molar-refractivity contribution in [2.45, 2.75) is 39.6 Å². The maximum absolute atomic E-state index is 12.9. The molecule has 0 spiro atoms. The third-order valence-corrected chi connectivity index (χ3v) is 4.00. The summed E-state index contributed by atoms with van der Waals surface area (Å²) in [7, 11) is 1.67. The molecular weight excluding hydrogens is 282 g/mol. The zero-order valence-corrected chi connectivity index (χ0v) is 13.2. The first-order valence-electron chi connectivity index (χ1n) is 7.49. The second-order valence-corrected chi connectivity index (χ2v) is 5.53. The van der Waals surface area contributed by atoms with E-state index in [0.717, 1.165) is 11.4 Å². The number of rotatable bonds is 3. The quantitative estimate of drug-likeness (QED) is 0.851. The second-order valence-electron chi connectivity index (χ2n) is 5.53. The third kappa shape index (κ3) is 2.64. The highest BCUT2D eigenvalue weighted by atomic mass is 16.5. The van der Waals surface area contributed by atoms with Crippen LogP contribution in [0.4, 0.5) is 0 Å². The Morgan fingerprint density at radius 1 is 1.45 bits per heavy atom. The number of amides is 1. The van der Waals surface area contributed by atoms with Crippen molar-refractivity contribution in [2.75, 3.05) is 13.7 Å². The standard InChI is InChI=1S/C15H21N5O2/c1-4-19-14(7-11(2)17-19)15(21)18-8-12-5-6-16-20(12)10-13(9-18)22-3/h5-7,13H,4,8-10H2,1-3H3/t13-/m0/s1. The number of hydrogen-bond acceptors (Lipinski definition) is 4. The van der Waals surface area contributed by atoms with Crippen LogP contribution in [0.2, 0.25) is 0 Å². The van der Waals surface area contributed by atoms with E-state index in [0.29, 0.717) is 31.9 Å². The van der Waals surface area contributed by atoms with Gasteiger partial charge in [0.15, 0.2) is 0 Å². The normalized spacial score (nSPS) is 18.1. The van der Waals surface area contributed by atoms with Crippen molar-refractivity contribution in [1.29, 1.82) is 0 Å². The minimum Gasteiger partial charge on any atom is -0.378 e. The lowest BCUT2D eigenvalue weighted by Crippen LogP contribution is -2.37. The molecular formula is C15H21N5O2. The monoisotopic (exact) mass is 303 g/mol. The molecule has 3 heterocycles. The van der Waals surface area contributed by atoms with Crippen molar-refractivity contribution in [3.05, 3.63) is 35.4 Å². The van der Waals surface area contributed by atoms with Gasteiger partial charge in [0.1, 0.15) is 5.69 Å². The molecule has 118 valence electrons. The number of nitrogens with zero attached hydrogens (tertiary/aromatic N) is 5. The number of carbonyl (C=O) groups is 1. The number of aryl methyl sites for hydroxylation is 2. The Kier molecular flexibility index (Phi) is 3.98. The first-order chi connectivity index (χ1) is 10.6. The van der Waals surface area contributed by atoms with E-state index >= 15 is 0 Å². The Morgan fingerprint density at radius 3 is 3.00 bits per heavy atom. The molecule has 0 fully saturated rings. The fourth-order valence-electron chi connectivity index (χ4n) is 2.84. The lowest BCUT2D eigenvalue weighted by Gasteiger charge is -2.23.